The summed E-state index contributed by atoms with van der Waals surface area (Å²) < 4.78 is 106. The first-order valence-electron chi connectivity index (χ1n) is 36.9. The molecule has 0 aliphatic heterocycles. The van der Waals surface area contributed by atoms with E-state index in [2.05, 4.69) is 16.0 Å². The van der Waals surface area contributed by atoms with Crippen LogP contribution in [0.1, 0.15) is 107 Å². The monoisotopic (exact) mass is 1690 g/mol. The zero-order valence-corrected chi connectivity index (χ0v) is 70.4. The molecule has 0 spiro atoms. The molecule has 0 aliphatic rings. The summed E-state index contributed by atoms with van der Waals surface area (Å²) in [6.07, 6.45) is -1.72. The summed E-state index contributed by atoms with van der Waals surface area (Å²) in [6.45, 7) is 17.0. The van der Waals surface area contributed by atoms with E-state index in [1.807, 2.05) is 123 Å². The third-order valence-corrected chi connectivity index (χ3v) is 21.9. The van der Waals surface area contributed by atoms with Gasteiger partial charge in [0.05, 0.1) is 0 Å². The van der Waals surface area contributed by atoms with Crippen LogP contribution in [0, 0.1) is 0 Å². The Morgan fingerprint density at radius 3 is 0.897 bits per heavy atom. The highest BCUT2D eigenvalue weighted by Crippen LogP contribution is 2.61. The van der Waals surface area contributed by atoms with Gasteiger partial charge in [0, 0.05) is 6.42 Å². The molecule has 4 unspecified atom stereocenters. The fourth-order valence-corrected chi connectivity index (χ4v) is 16.3. The Bertz CT molecular complexity index is 4850. The Morgan fingerprint density at radius 2 is 0.595 bits per heavy atom. The molecule has 5 N–H and O–H groups in total. The molecule has 3 amide bonds. The summed E-state index contributed by atoms with van der Waals surface area (Å²) in [4.78, 5) is 39.9. The molecule has 0 radical (unpaired) electrons. The third kappa shape index (κ3) is 30.1. The number of para-hydroxylation sites is 6. The van der Waals surface area contributed by atoms with Crippen LogP contribution in [0.3, 0.4) is 0 Å². The van der Waals surface area contributed by atoms with Crippen LogP contribution in [0.15, 0.2) is 315 Å². The van der Waals surface area contributed by atoms with Crippen molar-refractivity contribution in [3.8, 4) is 51.7 Å². The standard InChI is InChI=1S/C35H36Cl3N2O7P.C31H32NO6P.C23H26NO4P/c1-34(2,3)45-27-21-19-26(20-22-27)32(48(43,46-28-15-9-5-10-16-28)47-29-17-11-6-12-18-29)40-31(41)30(23-25-13-7-4-8-14-25)39-33(42)44-24-35(36,37)38;1-31(2,3)36-26-21-19-25(20-22-26)29(32-30(33)35-23-24-13-7-4-8-14-24)39(34,37-27-15-9-5-10-16-27)38-28-17-11-6-12-18-28;1-23(2,3)26-19-16-14-18(15-17-19)22(24)29(25,27-20-10-6-4-7-11-20)28-21-12-8-5-9-13-21/h4-22,30,32H,23-24H2,1-3H3,(H,39,42)(H,40,41);4-22,29H,23H2,1-3H3,(H,32,33);4-17,22H,24H2,1-3H3. The minimum Gasteiger partial charge on any atom is -0.488 e. The van der Waals surface area contributed by atoms with E-state index in [1.54, 1.807) is 255 Å². The highest BCUT2D eigenvalue weighted by molar-refractivity contribution is 7.55. The van der Waals surface area contributed by atoms with Crippen LogP contribution in [0.2, 0.25) is 0 Å². The Morgan fingerprint density at radius 1 is 0.328 bits per heavy atom. The lowest BCUT2D eigenvalue weighted by Gasteiger charge is -2.30. The molecule has 21 nitrogen and oxygen atoms in total. The first-order valence-corrected chi connectivity index (χ1v) is 42.8. The van der Waals surface area contributed by atoms with Crippen LogP contribution < -0.4 is 63.0 Å². The SMILES string of the molecule is CC(C)(C)Oc1ccc(C(N)P(=O)(Oc2ccccc2)Oc2ccccc2)cc1.CC(C)(C)Oc1ccc(C(NC(=O)C(Cc2ccccc2)NC(=O)OCC(Cl)(Cl)Cl)P(=O)(Oc2ccccc2)Oc2ccccc2)cc1.CC(C)(C)Oc1ccc(C(NC(=O)OCc2ccccc2)P(=O)(Oc2ccccc2)Oc2ccccc2)cc1. The van der Waals surface area contributed by atoms with Crippen LogP contribution >= 0.6 is 57.6 Å². The van der Waals surface area contributed by atoms with Crippen molar-refractivity contribution in [1.29, 1.82) is 0 Å². The first-order chi connectivity index (χ1) is 55.1. The van der Waals surface area contributed by atoms with Crippen molar-refractivity contribution < 1.29 is 78.9 Å². The predicted molar refractivity (Wildman–Crippen MR) is 455 cm³/mol. The molecule has 11 aromatic rings. The molecule has 0 aromatic heterocycles. The molecule has 11 aromatic carbocycles. The number of nitrogens with two attached hydrogens (primary N) is 1. The Balaban J connectivity index is 0.000000205. The van der Waals surface area contributed by atoms with Gasteiger partial charge in [0.25, 0.3) is 0 Å². The molecule has 608 valence electrons. The largest absolute Gasteiger partial charge is 0.488 e. The van der Waals surface area contributed by atoms with Gasteiger partial charge in [0.1, 0.15) is 87.8 Å². The average molecular weight is 1690 g/mol. The Kier molecular flexibility index (Phi) is 32.0. The van der Waals surface area contributed by atoms with E-state index in [9.17, 15) is 23.5 Å². The smallest absolute Gasteiger partial charge is 0.457 e. The van der Waals surface area contributed by atoms with Crippen molar-refractivity contribution >= 4 is 75.7 Å². The second kappa shape index (κ2) is 41.6. The van der Waals surface area contributed by atoms with E-state index >= 15 is 4.57 Å². The first kappa shape index (κ1) is 89.1. The maximum atomic E-state index is 15.1. The topological polar surface area (TPSA) is 266 Å². The molecule has 0 bridgehead atoms. The number of ether oxygens (including phenoxy) is 5. The van der Waals surface area contributed by atoms with Gasteiger partial charge in [-0.05, 0) is 199 Å². The quantitative estimate of drug-likeness (QED) is 0.0241. The summed E-state index contributed by atoms with van der Waals surface area (Å²) in [6, 6.07) is 90.0. The zero-order chi connectivity index (χ0) is 83.4. The second-order valence-corrected chi connectivity index (χ2v) is 37.4. The molecule has 0 heterocycles. The van der Waals surface area contributed by atoms with Gasteiger partial charge in [-0.15, -0.1) is 0 Å². The number of amides is 3. The van der Waals surface area contributed by atoms with Crippen LogP contribution in [0.25, 0.3) is 0 Å². The van der Waals surface area contributed by atoms with Crippen LogP contribution in [-0.2, 0) is 41.0 Å². The molecule has 0 saturated heterocycles. The average Bonchev–Trinajstić information content (AvgIpc) is 0.798. The van der Waals surface area contributed by atoms with Gasteiger partial charge in [-0.3, -0.25) is 4.79 Å². The highest BCUT2D eigenvalue weighted by atomic mass is 35.6. The number of rotatable bonds is 30. The molecule has 116 heavy (non-hydrogen) atoms. The number of halogens is 3. The van der Waals surface area contributed by atoms with Crippen molar-refractivity contribution in [3.63, 3.8) is 0 Å². The summed E-state index contributed by atoms with van der Waals surface area (Å²) in [7, 11) is -12.3. The fourth-order valence-electron chi connectivity index (χ4n) is 10.8. The maximum Gasteiger partial charge on any atom is 0.457 e. The summed E-state index contributed by atoms with van der Waals surface area (Å²) in [5.74, 6) is -0.375. The number of hydrogen-bond donors (Lipinski definition) is 4. The number of benzene rings is 11. The number of alkyl carbamates (subject to hydrolysis) is 2. The highest BCUT2D eigenvalue weighted by Gasteiger charge is 2.45. The van der Waals surface area contributed by atoms with Gasteiger partial charge >= 0.3 is 35.0 Å². The molecule has 27 heteroatoms. The lowest BCUT2D eigenvalue weighted by molar-refractivity contribution is -0.123. The number of carbonyl (C=O) groups excluding carboxylic acids is 3. The van der Waals surface area contributed by atoms with Gasteiger partial charge in [0.15, 0.2) is 17.3 Å². The van der Waals surface area contributed by atoms with Gasteiger partial charge in [-0.2, -0.15) is 0 Å². The van der Waals surface area contributed by atoms with Crippen LogP contribution in [0.5, 0.6) is 51.7 Å². The molecule has 11 rings (SSSR count). The van der Waals surface area contributed by atoms with Crippen molar-refractivity contribution in [2.24, 2.45) is 5.73 Å². The molecule has 0 saturated carbocycles. The number of carbonyl (C=O) groups is 3. The van der Waals surface area contributed by atoms with Crippen molar-refractivity contribution in [2.75, 3.05) is 6.61 Å². The van der Waals surface area contributed by atoms with Gasteiger partial charge in [-0.1, -0.05) is 241 Å². The van der Waals surface area contributed by atoms with E-state index < -0.39 is 85.9 Å². The number of nitrogens with one attached hydrogen (secondary N) is 3. The Hall–Kier alpha value is -10.9. The molecular weight excluding hydrogens is 1600 g/mol. The van der Waals surface area contributed by atoms with Crippen molar-refractivity contribution in [3.05, 3.63) is 343 Å². The van der Waals surface area contributed by atoms with Gasteiger partial charge in [0.2, 0.25) is 9.70 Å². The predicted octanol–water partition coefficient (Wildman–Crippen LogP) is 23.3. The summed E-state index contributed by atoms with van der Waals surface area (Å²) in [5.41, 5.74) is 8.25. The minimum absolute atomic E-state index is 0.0428. The van der Waals surface area contributed by atoms with Crippen molar-refractivity contribution in [1.82, 2.24) is 16.0 Å². The summed E-state index contributed by atoms with van der Waals surface area (Å²) >= 11 is 17.3. The maximum absolute atomic E-state index is 15.1. The van der Waals surface area contributed by atoms with E-state index in [1.165, 1.54) is 0 Å². The zero-order valence-electron chi connectivity index (χ0n) is 65.4. The molecule has 0 fully saturated rings. The molecular formula is C89H94Cl3N4O17P3. The van der Waals surface area contributed by atoms with Crippen LogP contribution in [-0.4, -0.2) is 51.3 Å². The van der Waals surface area contributed by atoms with E-state index in [4.69, 9.17) is 91.4 Å². The molecule has 0 aliphatic carbocycles. The molecule has 4 atom stereocenters. The van der Waals surface area contributed by atoms with E-state index in [0.717, 1.165) is 11.1 Å². The van der Waals surface area contributed by atoms with Crippen LogP contribution in [0.4, 0.5) is 9.59 Å². The third-order valence-electron chi connectivity index (χ3n) is 15.7. The fraction of sp³-hybridized carbons (Fsp3) is 0.225. The number of alkyl halides is 3. The lowest BCUT2D eigenvalue weighted by Crippen LogP contribution is -2.49. The summed E-state index contributed by atoms with van der Waals surface area (Å²) in [5, 5.41) is 8.12. The van der Waals surface area contributed by atoms with E-state index in [0.29, 0.717) is 56.9 Å². The van der Waals surface area contributed by atoms with Gasteiger partial charge < -0.3 is 72.5 Å². The number of hydrogen-bond acceptors (Lipinski definition) is 18. The van der Waals surface area contributed by atoms with Gasteiger partial charge in [-0.25, -0.2) is 23.3 Å². The second-order valence-electron chi connectivity index (χ2n) is 28.9. The van der Waals surface area contributed by atoms with E-state index in [-0.39, 0.29) is 30.1 Å². The normalized spacial score (nSPS) is 12.7. The Labute approximate surface area is 692 Å². The minimum atomic E-state index is -4.37. The lowest BCUT2D eigenvalue weighted by atomic mass is 10.1. The van der Waals surface area contributed by atoms with Crippen molar-refractivity contribution in [2.45, 2.75) is 119 Å².